The quantitative estimate of drug-likeness (QED) is 0.521. The van der Waals surface area contributed by atoms with Crippen LogP contribution in [0, 0.1) is 23.3 Å². The molecule has 1 aromatic heterocycles. The van der Waals surface area contributed by atoms with E-state index in [1.165, 1.54) is 0 Å². The third-order valence-corrected chi connectivity index (χ3v) is 2.43. The van der Waals surface area contributed by atoms with Crippen molar-refractivity contribution in [1.82, 2.24) is 5.16 Å². The number of halogens is 4. The summed E-state index contributed by atoms with van der Waals surface area (Å²) < 4.78 is 63.4. The van der Waals surface area contributed by atoms with Gasteiger partial charge in [-0.05, 0) is 0 Å². The van der Waals surface area contributed by atoms with Crippen LogP contribution in [-0.4, -0.2) is 18.2 Å². The molecule has 9 heteroatoms. The second-order valence-corrected chi connectivity index (χ2v) is 3.61. The predicted molar refractivity (Wildman–Crippen MR) is 57.5 cm³/mol. The second kappa shape index (κ2) is 4.83. The van der Waals surface area contributed by atoms with Crippen LogP contribution >= 0.6 is 0 Å². The Morgan fingerprint density at radius 3 is 2.15 bits per heavy atom. The van der Waals surface area contributed by atoms with Gasteiger partial charge in [0, 0.05) is 6.07 Å². The van der Waals surface area contributed by atoms with E-state index in [-0.39, 0.29) is 5.82 Å². The van der Waals surface area contributed by atoms with Crippen LogP contribution < -0.4 is 5.73 Å². The van der Waals surface area contributed by atoms with Crippen LogP contribution in [0.25, 0.3) is 11.3 Å². The highest BCUT2D eigenvalue weighted by molar-refractivity contribution is 5.90. The molecule has 1 heterocycles. The van der Waals surface area contributed by atoms with Crippen molar-refractivity contribution in [1.29, 1.82) is 0 Å². The number of nitrogens with zero attached hydrogens (tertiary/aromatic N) is 1. The fourth-order valence-electron chi connectivity index (χ4n) is 1.54. The first-order valence-corrected chi connectivity index (χ1v) is 5.05. The summed E-state index contributed by atoms with van der Waals surface area (Å²) in [4.78, 5) is 11.1. The highest BCUT2D eigenvalue weighted by Gasteiger charge is 2.32. The largest absolute Gasteiger partial charge is 0.465 e. The number of ether oxygens (including phenoxy) is 1. The first-order valence-electron chi connectivity index (χ1n) is 5.05. The fourth-order valence-corrected chi connectivity index (χ4v) is 1.54. The number of hydrogen-bond acceptors (Lipinski definition) is 5. The number of nitrogen functional groups attached to an aromatic ring is 1. The Hall–Kier alpha value is -2.58. The van der Waals surface area contributed by atoms with Gasteiger partial charge in [-0.25, -0.2) is 22.4 Å². The van der Waals surface area contributed by atoms with E-state index in [0.29, 0.717) is 0 Å². The normalized spacial score (nSPS) is 10.7. The first-order chi connectivity index (χ1) is 9.38. The van der Waals surface area contributed by atoms with Crippen molar-refractivity contribution in [3.8, 4) is 11.3 Å². The number of aromatic nitrogens is 1. The van der Waals surface area contributed by atoms with Gasteiger partial charge in [-0.3, -0.25) is 0 Å². The van der Waals surface area contributed by atoms with Crippen molar-refractivity contribution in [2.45, 2.75) is 0 Å². The summed E-state index contributed by atoms with van der Waals surface area (Å²) in [6, 6.07) is 0.873. The van der Waals surface area contributed by atoms with Crippen LogP contribution in [-0.2, 0) is 4.74 Å². The standard InChI is InChI=1S/C11H6F4N2O3/c1-19-11(18)6-9(14)7(12)5(8(13)10(6)15)3-2-4(16)17-20-3/h2H,1H3,(H2,16,17). The zero-order valence-electron chi connectivity index (χ0n) is 9.84. The lowest BCUT2D eigenvalue weighted by atomic mass is 10.1. The maximum Gasteiger partial charge on any atom is 0.344 e. The van der Waals surface area contributed by atoms with Gasteiger partial charge in [-0.15, -0.1) is 0 Å². The van der Waals surface area contributed by atoms with Crippen molar-refractivity contribution < 1.29 is 31.6 Å². The van der Waals surface area contributed by atoms with E-state index in [1.54, 1.807) is 0 Å². The van der Waals surface area contributed by atoms with Gasteiger partial charge in [0.25, 0.3) is 0 Å². The van der Waals surface area contributed by atoms with Gasteiger partial charge in [0.2, 0.25) is 0 Å². The molecule has 1 aromatic carbocycles. The molecule has 0 saturated heterocycles. The molecule has 0 aliphatic rings. The molecule has 0 radical (unpaired) electrons. The molecule has 0 amide bonds. The molecular formula is C11H6F4N2O3. The molecule has 0 fully saturated rings. The van der Waals surface area contributed by atoms with Gasteiger partial charge in [0.15, 0.2) is 34.8 Å². The minimum atomic E-state index is -1.90. The summed E-state index contributed by atoms with van der Waals surface area (Å²) in [5.41, 5.74) is 2.55. The number of esters is 1. The molecule has 20 heavy (non-hydrogen) atoms. The molecular weight excluding hydrogens is 284 g/mol. The van der Waals surface area contributed by atoms with Crippen LogP contribution in [0.15, 0.2) is 10.6 Å². The molecule has 0 saturated carbocycles. The minimum Gasteiger partial charge on any atom is -0.465 e. The second-order valence-electron chi connectivity index (χ2n) is 3.61. The monoisotopic (exact) mass is 290 g/mol. The molecule has 0 spiro atoms. The van der Waals surface area contributed by atoms with E-state index in [4.69, 9.17) is 5.73 Å². The lowest BCUT2D eigenvalue weighted by Crippen LogP contribution is -2.13. The van der Waals surface area contributed by atoms with Gasteiger partial charge in [-0.1, -0.05) is 5.16 Å². The van der Waals surface area contributed by atoms with Crippen molar-refractivity contribution in [2.24, 2.45) is 0 Å². The van der Waals surface area contributed by atoms with Crippen molar-refractivity contribution in [3.63, 3.8) is 0 Å². The molecule has 0 unspecified atom stereocenters. The van der Waals surface area contributed by atoms with E-state index in [9.17, 15) is 22.4 Å². The maximum atomic E-state index is 13.8. The molecule has 0 bridgehead atoms. The molecule has 0 aliphatic carbocycles. The Labute approximate surface area is 108 Å². The van der Waals surface area contributed by atoms with Crippen LogP contribution in [0.3, 0.4) is 0 Å². The number of rotatable bonds is 2. The van der Waals surface area contributed by atoms with Crippen molar-refractivity contribution in [2.75, 3.05) is 12.8 Å². The highest BCUT2D eigenvalue weighted by Crippen LogP contribution is 2.33. The minimum absolute atomic E-state index is 0.239. The van der Waals surface area contributed by atoms with E-state index in [2.05, 4.69) is 14.4 Å². The molecule has 106 valence electrons. The topological polar surface area (TPSA) is 78.4 Å². The summed E-state index contributed by atoms with van der Waals surface area (Å²) in [5, 5.41) is 3.14. The van der Waals surface area contributed by atoms with Crippen LogP contribution in [0.1, 0.15) is 10.4 Å². The molecule has 0 atom stereocenters. The molecule has 2 aromatic rings. The average molecular weight is 290 g/mol. The third kappa shape index (κ3) is 1.96. The SMILES string of the molecule is COC(=O)c1c(F)c(F)c(-c2cc(N)no2)c(F)c1F. The number of anilines is 1. The number of carbonyl (C=O) groups excluding carboxylic acids is 1. The van der Waals surface area contributed by atoms with Gasteiger partial charge >= 0.3 is 5.97 Å². The van der Waals surface area contributed by atoms with Gasteiger partial charge in [0.1, 0.15) is 5.56 Å². The Bertz CT molecular complexity index is 670. The number of benzene rings is 1. The summed E-state index contributed by atoms with van der Waals surface area (Å²) in [5.74, 6) is -9.85. The average Bonchev–Trinajstić information content (AvgIpc) is 2.83. The third-order valence-electron chi connectivity index (χ3n) is 2.43. The summed E-state index contributed by atoms with van der Waals surface area (Å²) >= 11 is 0. The van der Waals surface area contributed by atoms with Gasteiger partial charge < -0.3 is 15.0 Å². The fraction of sp³-hybridized carbons (Fsp3) is 0.0909. The zero-order chi connectivity index (χ0) is 15.0. The Balaban J connectivity index is 2.77. The smallest absolute Gasteiger partial charge is 0.344 e. The zero-order valence-corrected chi connectivity index (χ0v) is 9.84. The van der Waals surface area contributed by atoms with Crippen LogP contribution in [0.2, 0.25) is 0 Å². The van der Waals surface area contributed by atoms with E-state index in [1.807, 2.05) is 0 Å². The predicted octanol–water partition coefficient (Wildman–Crippen LogP) is 2.27. The highest BCUT2D eigenvalue weighted by atomic mass is 19.2. The van der Waals surface area contributed by atoms with Crippen LogP contribution in [0.5, 0.6) is 0 Å². The number of hydrogen-bond donors (Lipinski definition) is 1. The van der Waals surface area contributed by atoms with E-state index in [0.717, 1.165) is 13.2 Å². The summed E-state index contributed by atoms with van der Waals surface area (Å²) in [6.45, 7) is 0. The van der Waals surface area contributed by atoms with E-state index >= 15 is 0 Å². The number of methoxy groups -OCH3 is 1. The molecule has 0 aliphatic heterocycles. The van der Waals surface area contributed by atoms with Gasteiger partial charge in [0.05, 0.1) is 12.7 Å². The van der Waals surface area contributed by atoms with Crippen molar-refractivity contribution >= 4 is 11.8 Å². The summed E-state index contributed by atoms with van der Waals surface area (Å²) in [7, 11) is 0.808. The number of carbonyl (C=O) groups is 1. The maximum absolute atomic E-state index is 13.8. The lowest BCUT2D eigenvalue weighted by molar-refractivity contribution is 0.0587. The first kappa shape index (κ1) is 13.8. The number of nitrogens with two attached hydrogens (primary N) is 1. The van der Waals surface area contributed by atoms with Gasteiger partial charge in [-0.2, -0.15) is 0 Å². The summed E-state index contributed by atoms with van der Waals surface area (Å²) in [6.07, 6.45) is 0. The Kier molecular flexibility index (Phi) is 3.35. The van der Waals surface area contributed by atoms with Crippen LogP contribution in [0.4, 0.5) is 23.4 Å². The molecule has 5 nitrogen and oxygen atoms in total. The Morgan fingerprint density at radius 2 is 1.75 bits per heavy atom. The molecule has 2 rings (SSSR count). The Morgan fingerprint density at radius 1 is 1.20 bits per heavy atom. The van der Waals surface area contributed by atoms with E-state index < -0.39 is 46.1 Å². The lowest BCUT2D eigenvalue weighted by Gasteiger charge is -2.08. The van der Waals surface area contributed by atoms with Crippen molar-refractivity contribution in [3.05, 3.63) is 34.9 Å². The molecule has 2 N–H and O–H groups in total.